The molecular weight excluding hydrogens is 374 g/mol. The van der Waals surface area contributed by atoms with Crippen LogP contribution in [0, 0.1) is 5.41 Å². The van der Waals surface area contributed by atoms with E-state index in [2.05, 4.69) is 4.90 Å². The number of methoxy groups -OCH3 is 1. The van der Waals surface area contributed by atoms with Gasteiger partial charge in [-0.25, -0.2) is 0 Å². The predicted octanol–water partition coefficient (Wildman–Crippen LogP) is 0.798. The summed E-state index contributed by atoms with van der Waals surface area (Å²) in [7, 11) is 1.47. The number of hydrogen-bond donors (Lipinski definition) is 1. The first-order chi connectivity index (χ1) is 14.0. The van der Waals surface area contributed by atoms with Gasteiger partial charge < -0.3 is 24.4 Å². The summed E-state index contributed by atoms with van der Waals surface area (Å²) in [5.41, 5.74) is -0.0372. The van der Waals surface area contributed by atoms with E-state index in [0.29, 0.717) is 30.8 Å². The van der Waals surface area contributed by atoms with E-state index in [1.807, 2.05) is 4.90 Å². The van der Waals surface area contributed by atoms with Gasteiger partial charge in [0, 0.05) is 51.4 Å². The van der Waals surface area contributed by atoms with Crippen molar-refractivity contribution in [2.75, 3.05) is 66.1 Å². The molecule has 8 heteroatoms. The Bertz CT molecular complexity index is 780. The van der Waals surface area contributed by atoms with Crippen molar-refractivity contribution in [3.8, 4) is 11.5 Å². The molecule has 1 spiro atoms. The van der Waals surface area contributed by atoms with Gasteiger partial charge in [0.05, 0.1) is 25.7 Å². The fourth-order valence-electron chi connectivity index (χ4n) is 4.62. The molecule has 3 aliphatic heterocycles. The molecule has 1 unspecified atom stereocenters. The van der Waals surface area contributed by atoms with Crippen LogP contribution in [0.25, 0.3) is 0 Å². The summed E-state index contributed by atoms with van der Waals surface area (Å²) in [4.78, 5) is 32.1. The van der Waals surface area contributed by atoms with Crippen molar-refractivity contribution in [2.45, 2.75) is 12.8 Å². The Labute approximate surface area is 171 Å². The Morgan fingerprint density at radius 2 is 1.93 bits per heavy atom. The lowest BCUT2D eigenvalue weighted by Crippen LogP contribution is -2.43. The molecule has 29 heavy (non-hydrogen) atoms. The average Bonchev–Trinajstić information content (AvgIpc) is 3.31. The quantitative estimate of drug-likeness (QED) is 0.783. The van der Waals surface area contributed by atoms with Crippen LogP contribution >= 0.6 is 0 Å². The Kier molecular flexibility index (Phi) is 5.65. The van der Waals surface area contributed by atoms with Crippen molar-refractivity contribution in [2.24, 2.45) is 5.41 Å². The zero-order valence-corrected chi connectivity index (χ0v) is 16.9. The molecular formula is C21H29N3O5. The summed E-state index contributed by atoms with van der Waals surface area (Å²) in [6, 6.07) is 4.66. The summed E-state index contributed by atoms with van der Waals surface area (Å²) in [5.74, 6) is 0.304. The van der Waals surface area contributed by atoms with Crippen LogP contribution in [0.2, 0.25) is 0 Å². The highest BCUT2D eigenvalue weighted by atomic mass is 16.5. The highest BCUT2D eigenvalue weighted by Crippen LogP contribution is 2.41. The normalized spacial score (nSPS) is 25.2. The van der Waals surface area contributed by atoms with E-state index in [1.54, 1.807) is 17.0 Å². The van der Waals surface area contributed by atoms with E-state index in [4.69, 9.17) is 9.47 Å². The Hall–Kier alpha value is -2.32. The van der Waals surface area contributed by atoms with E-state index in [1.165, 1.54) is 13.2 Å². The second-order valence-electron chi connectivity index (χ2n) is 8.14. The lowest BCUT2D eigenvalue weighted by atomic mass is 9.85. The molecule has 3 aliphatic rings. The number of phenolic OH excluding ortho intramolecular Hbond substituents is 1. The number of likely N-dealkylation sites (tertiary alicyclic amines) is 2. The third-order valence-corrected chi connectivity index (χ3v) is 6.46. The van der Waals surface area contributed by atoms with E-state index in [-0.39, 0.29) is 17.6 Å². The van der Waals surface area contributed by atoms with Gasteiger partial charge in [0.15, 0.2) is 11.5 Å². The molecule has 2 amide bonds. The van der Waals surface area contributed by atoms with Crippen LogP contribution in [0.4, 0.5) is 0 Å². The third-order valence-electron chi connectivity index (χ3n) is 6.46. The van der Waals surface area contributed by atoms with E-state index in [0.717, 1.165) is 52.4 Å². The molecule has 4 rings (SSSR count). The van der Waals surface area contributed by atoms with Crippen LogP contribution in [-0.2, 0) is 9.53 Å². The number of hydrogen-bond acceptors (Lipinski definition) is 6. The smallest absolute Gasteiger partial charge is 0.254 e. The van der Waals surface area contributed by atoms with Gasteiger partial charge in [-0.3, -0.25) is 14.5 Å². The molecule has 0 radical (unpaired) electrons. The monoisotopic (exact) mass is 403 g/mol. The molecule has 0 bridgehead atoms. The first kappa shape index (κ1) is 20.0. The fourth-order valence-corrected chi connectivity index (χ4v) is 4.62. The number of rotatable bonds is 5. The van der Waals surface area contributed by atoms with Gasteiger partial charge in [-0.15, -0.1) is 0 Å². The molecule has 1 atom stereocenters. The predicted molar refractivity (Wildman–Crippen MR) is 106 cm³/mol. The van der Waals surface area contributed by atoms with E-state index >= 15 is 0 Å². The van der Waals surface area contributed by atoms with Gasteiger partial charge in [-0.05, 0) is 31.0 Å². The molecule has 1 aromatic carbocycles. The van der Waals surface area contributed by atoms with Crippen molar-refractivity contribution in [1.82, 2.24) is 14.7 Å². The van der Waals surface area contributed by atoms with Crippen LogP contribution in [-0.4, -0.2) is 97.8 Å². The molecule has 0 aliphatic carbocycles. The molecule has 1 aromatic rings. The Morgan fingerprint density at radius 1 is 1.17 bits per heavy atom. The zero-order chi connectivity index (χ0) is 20.4. The highest BCUT2D eigenvalue weighted by Gasteiger charge is 2.51. The number of carbonyl (C=O) groups is 2. The number of phenols is 1. The van der Waals surface area contributed by atoms with E-state index in [9.17, 15) is 14.7 Å². The lowest BCUT2D eigenvalue weighted by Gasteiger charge is -2.29. The zero-order valence-electron chi connectivity index (χ0n) is 16.9. The van der Waals surface area contributed by atoms with Gasteiger partial charge in [0.25, 0.3) is 5.91 Å². The molecule has 0 aromatic heterocycles. The third kappa shape index (κ3) is 3.91. The largest absolute Gasteiger partial charge is 0.504 e. The maximum absolute atomic E-state index is 13.1. The molecule has 158 valence electrons. The van der Waals surface area contributed by atoms with E-state index < -0.39 is 5.41 Å². The number of aromatic hydroxyl groups is 1. The molecule has 1 N–H and O–H groups in total. The molecule has 0 saturated carbocycles. The van der Waals surface area contributed by atoms with Crippen molar-refractivity contribution in [3.63, 3.8) is 0 Å². The van der Waals surface area contributed by atoms with Crippen LogP contribution in [0.3, 0.4) is 0 Å². The number of benzene rings is 1. The summed E-state index contributed by atoms with van der Waals surface area (Å²) in [6.07, 6.45) is 1.50. The maximum atomic E-state index is 13.1. The molecule has 3 fully saturated rings. The van der Waals surface area contributed by atoms with Crippen LogP contribution in [0.5, 0.6) is 11.5 Å². The Morgan fingerprint density at radius 3 is 2.66 bits per heavy atom. The van der Waals surface area contributed by atoms with Gasteiger partial charge in [-0.1, -0.05) is 0 Å². The fraction of sp³-hybridized carbons (Fsp3) is 0.619. The minimum atomic E-state index is -0.449. The SMILES string of the molecule is COc1ccc(C(=O)N2CCC3(CCN(CCN4CCOCC4)C3=O)C2)cc1O. The highest BCUT2D eigenvalue weighted by molar-refractivity contribution is 5.96. The van der Waals surface area contributed by atoms with Crippen molar-refractivity contribution in [3.05, 3.63) is 23.8 Å². The minimum Gasteiger partial charge on any atom is -0.504 e. The lowest BCUT2D eigenvalue weighted by molar-refractivity contribution is -0.135. The summed E-state index contributed by atoms with van der Waals surface area (Å²) in [5, 5.41) is 9.96. The number of amides is 2. The van der Waals surface area contributed by atoms with Crippen molar-refractivity contribution >= 4 is 11.8 Å². The van der Waals surface area contributed by atoms with Gasteiger partial charge in [-0.2, -0.15) is 0 Å². The second-order valence-corrected chi connectivity index (χ2v) is 8.14. The molecule has 8 nitrogen and oxygen atoms in total. The van der Waals surface area contributed by atoms with Gasteiger partial charge in [0.1, 0.15) is 0 Å². The topological polar surface area (TPSA) is 82.5 Å². The molecule has 3 saturated heterocycles. The Balaban J connectivity index is 1.36. The summed E-state index contributed by atoms with van der Waals surface area (Å²) >= 11 is 0. The maximum Gasteiger partial charge on any atom is 0.254 e. The van der Waals surface area contributed by atoms with Crippen molar-refractivity contribution in [1.29, 1.82) is 0 Å². The minimum absolute atomic E-state index is 0.0570. The first-order valence-electron chi connectivity index (χ1n) is 10.3. The summed E-state index contributed by atoms with van der Waals surface area (Å²) < 4.78 is 10.4. The number of carbonyl (C=O) groups excluding carboxylic acids is 2. The standard InChI is InChI=1S/C21H29N3O5/c1-28-18-3-2-16(14-17(18)25)19(26)24-7-5-21(15-24)4-6-23(20(21)27)9-8-22-10-12-29-13-11-22/h2-3,14,25H,4-13,15H2,1H3. The van der Waals surface area contributed by atoms with Crippen LogP contribution in [0.1, 0.15) is 23.2 Å². The molecule has 3 heterocycles. The first-order valence-corrected chi connectivity index (χ1v) is 10.3. The van der Waals surface area contributed by atoms with Crippen LogP contribution < -0.4 is 4.74 Å². The van der Waals surface area contributed by atoms with Gasteiger partial charge in [0.2, 0.25) is 5.91 Å². The summed E-state index contributed by atoms with van der Waals surface area (Å²) in [6.45, 7) is 6.74. The number of morpholine rings is 1. The number of ether oxygens (including phenoxy) is 2. The average molecular weight is 403 g/mol. The van der Waals surface area contributed by atoms with Crippen molar-refractivity contribution < 1.29 is 24.2 Å². The second kappa shape index (κ2) is 8.20. The van der Waals surface area contributed by atoms with Crippen LogP contribution in [0.15, 0.2) is 18.2 Å². The number of nitrogens with zero attached hydrogens (tertiary/aromatic N) is 3. The van der Waals surface area contributed by atoms with Gasteiger partial charge >= 0.3 is 0 Å².